The molecule has 0 saturated carbocycles. The van der Waals surface area contributed by atoms with Crippen LogP contribution >= 0.6 is 0 Å². The SMILES string of the molecule is CCN1CCc2nc(-c3cccc(F)c3)nc(C)c2C1. The van der Waals surface area contributed by atoms with Gasteiger partial charge in [-0.25, -0.2) is 14.4 Å². The molecule has 0 bridgehead atoms. The van der Waals surface area contributed by atoms with Gasteiger partial charge < -0.3 is 0 Å². The van der Waals surface area contributed by atoms with Crippen LogP contribution in [0.25, 0.3) is 11.4 Å². The molecule has 3 nitrogen and oxygen atoms in total. The molecule has 2 heterocycles. The maximum atomic E-state index is 13.3. The van der Waals surface area contributed by atoms with Gasteiger partial charge in [-0.1, -0.05) is 19.1 Å². The van der Waals surface area contributed by atoms with Gasteiger partial charge in [0.2, 0.25) is 0 Å². The number of aromatic nitrogens is 2. The van der Waals surface area contributed by atoms with Gasteiger partial charge in [-0.15, -0.1) is 0 Å². The molecule has 1 aliphatic heterocycles. The molecule has 0 saturated heterocycles. The average Bonchev–Trinajstić information content (AvgIpc) is 2.47. The van der Waals surface area contributed by atoms with E-state index in [0.717, 1.165) is 43.0 Å². The summed E-state index contributed by atoms with van der Waals surface area (Å²) >= 11 is 0. The second kappa shape index (κ2) is 5.29. The molecule has 0 radical (unpaired) electrons. The zero-order valence-electron chi connectivity index (χ0n) is 11.9. The Morgan fingerprint density at radius 1 is 1.30 bits per heavy atom. The number of benzene rings is 1. The fourth-order valence-corrected chi connectivity index (χ4v) is 2.66. The van der Waals surface area contributed by atoms with E-state index >= 15 is 0 Å². The molecule has 1 aromatic heterocycles. The minimum absolute atomic E-state index is 0.251. The average molecular weight is 271 g/mol. The first-order chi connectivity index (χ1) is 9.67. The molecule has 104 valence electrons. The maximum absolute atomic E-state index is 13.3. The standard InChI is InChI=1S/C16H18FN3/c1-3-20-8-7-15-14(10-20)11(2)18-16(19-15)12-5-4-6-13(17)9-12/h4-6,9H,3,7-8,10H2,1-2H3. The second-order valence-electron chi connectivity index (χ2n) is 5.19. The van der Waals surface area contributed by atoms with Gasteiger partial charge in [-0.3, -0.25) is 4.90 Å². The zero-order chi connectivity index (χ0) is 14.1. The molecular weight excluding hydrogens is 253 g/mol. The molecule has 0 fully saturated rings. The van der Waals surface area contributed by atoms with Crippen LogP contribution in [0.2, 0.25) is 0 Å². The van der Waals surface area contributed by atoms with Crippen molar-refractivity contribution >= 4 is 0 Å². The Kier molecular flexibility index (Phi) is 3.49. The first-order valence-corrected chi connectivity index (χ1v) is 7.02. The van der Waals surface area contributed by atoms with Crippen LogP contribution in [0.5, 0.6) is 0 Å². The quantitative estimate of drug-likeness (QED) is 0.841. The van der Waals surface area contributed by atoms with Crippen LogP contribution in [0, 0.1) is 12.7 Å². The summed E-state index contributed by atoms with van der Waals surface area (Å²) in [7, 11) is 0. The molecule has 1 aliphatic rings. The third-order valence-corrected chi connectivity index (χ3v) is 3.88. The first-order valence-electron chi connectivity index (χ1n) is 7.02. The number of halogens is 1. The Labute approximate surface area is 118 Å². The highest BCUT2D eigenvalue weighted by Crippen LogP contribution is 2.24. The summed E-state index contributed by atoms with van der Waals surface area (Å²) in [6, 6.07) is 6.48. The van der Waals surface area contributed by atoms with Crippen molar-refractivity contribution < 1.29 is 4.39 Å². The van der Waals surface area contributed by atoms with Crippen LogP contribution in [0.4, 0.5) is 4.39 Å². The van der Waals surface area contributed by atoms with Gasteiger partial charge >= 0.3 is 0 Å². The van der Waals surface area contributed by atoms with E-state index in [2.05, 4.69) is 21.8 Å². The number of aryl methyl sites for hydroxylation is 1. The minimum Gasteiger partial charge on any atom is -0.299 e. The Hall–Kier alpha value is -1.81. The van der Waals surface area contributed by atoms with E-state index in [1.165, 1.54) is 17.7 Å². The summed E-state index contributed by atoms with van der Waals surface area (Å²) in [4.78, 5) is 11.6. The largest absolute Gasteiger partial charge is 0.299 e. The molecule has 2 aromatic rings. The van der Waals surface area contributed by atoms with Gasteiger partial charge in [-0.2, -0.15) is 0 Å². The van der Waals surface area contributed by atoms with E-state index in [1.807, 2.05) is 13.0 Å². The zero-order valence-corrected chi connectivity index (χ0v) is 11.9. The van der Waals surface area contributed by atoms with Crippen LogP contribution in [-0.4, -0.2) is 28.0 Å². The van der Waals surface area contributed by atoms with E-state index in [-0.39, 0.29) is 5.82 Å². The topological polar surface area (TPSA) is 29.0 Å². The maximum Gasteiger partial charge on any atom is 0.159 e. The monoisotopic (exact) mass is 271 g/mol. The highest BCUT2D eigenvalue weighted by molar-refractivity contribution is 5.56. The normalized spacial score (nSPS) is 15.2. The lowest BCUT2D eigenvalue weighted by Crippen LogP contribution is -2.31. The molecule has 0 amide bonds. The van der Waals surface area contributed by atoms with Gasteiger partial charge in [0, 0.05) is 36.3 Å². The highest BCUT2D eigenvalue weighted by Gasteiger charge is 2.20. The van der Waals surface area contributed by atoms with E-state index in [1.54, 1.807) is 6.07 Å². The van der Waals surface area contributed by atoms with Crippen molar-refractivity contribution in [3.05, 3.63) is 47.0 Å². The summed E-state index contributed by atoms with van der Waals surface area (Å²) in [5, 5.41) is 0. The van der Waals surface area contributed by atoms with Crippen LogP contribution in [0.3, 0.4) is 0 Å². The molecule has 1 aromatic carbocycles. The number of likely N-dealkylation sites (N-methyl/N-ethyl adjacent to an activating group) is 1. The molecule has 0 atom stereocenters. The van der Waals surface area contributed by atoms with Crippen molar-refractivity contribution in [2.45, 2.75) is 26.8 Å². The summed E-state index contributed by atoms with van der Waals surface area (Å²) in [6.07, 6.45) is 0.939. The van der Waals surface area contributed by atoms with Crippen LogP contribution in [0.1, 0.15) is 23.9 Å². The van der Waals surface area contributed by atoms with E-state index in [4.69, 9.17) is 0 Å². The lowest BCUT2D eigenvalue weighted by molar-refractivity contribution is 0.264. The van der Waals surface area contributed by atoms with E-state index in [0.29, 0.717) is 5.82 Å². The Bertz CT molecular complexity index is 640. The smallest absolute Gasteiger partial charge is 0.159 e. The fourth-order valence-electron chi connectivity index (χ4n) is 2.66. The number of nitrogens with zero attached hydrogens (tertiary/aromatic N) is 3. The van der Waals surface area contributed by atoms with Crippen LogP contribution in [0.15, 0.2) is 24.3 Å². The Morgan fingerprint density at radius 2 is 2.15 bits per heavy atom. The summed E-state index contributed by atoms with van der Waals surface area (Å²) < 4.78 is 13.3. The molecule has 0 aliphatic carbocycles. The second-order valence-corrected chi connectivity index (χ2v) is 5.19. The summed E-state index contributed by atoms with van der Waals surface area (Å²) in [6.45, 7) is 7.18. The molecule has 20 heavy (non-hydrogen) atoms. The van der Waals surface area contributed by atoms with Crippen molar-refractivity contribution in [3.63, 3.8) is 0 Å². The van der Waals surface area contributed by atoms with Crippen molar-refractivity contribution in [3.8, 4) is 11.4 Å². The predicted molar refractivity (Wildman–Crippen MR) is 76.8 cm³/mol. The van der Waals surface area contributed by atoms with Gasteiger partial charge in [0.25, 0.3) is 0 Å². The van der Waals surface area contributed by atoms with Gasteiger partial charge in [0.15, 0.2) is 5.82 Å². The molecule has 0 unspecified atom stereocenters. The highest BCUT2D eigenvalue weighted by atomic mass is 19.1. The molecule has 3 rings (SSSR count). The van der Waals surface area contributed by atoms with Gasteiger partial charge in [0.05, 0.1) is 5.69 Å². The number of hydrogen-bond donors (Lipinski definition) is 0. The lowest BCUT2D eigenvalue weighted by atomic mass is 10.0. The lowest BCUT2D eigenvalue weighted by Gasteiger charge is -2.28. The van der Waals surface area contributed by atoms with Crippen LogP contribution < -0.4 is 0 Å². The predicted octanol–water partition coefficient (Wildman–Crippen LogP) is 2.97. The Morgan fingerprint density at radius 3 is 2.90 bits per heavy atom. The minimum atomic E-state index is -0.251. The van der Waals surface area contributed by atoms with Crippen molar-refractivity contribution in [2.75, 3.05) is 13.1 Å². The molecule has 4 heteroatoms. The van der Waals surface area contributed by atoms with Crippen molar-refractivity contribution in [2.24, 2.45) is 0 Å². The van der Waals surface area contributed by atoms with Gasteiger partial charge in [0.1, 0.15) is 5.82 Å². The van der Waals surface area contributed by atoms with E-state index in [9.17, 15) is 4.39 Å². The van der Waals surface area contributed by atoms with Crippen LogP contribution in [-0.2, 0) is 13.0 Å². The molecular formula is C16H18FN3. The first kappa shape index (κ1) is 13.2. The molecule has 0 N–H and O–H groups in total. The Balaban J connectivity index is 2.02. The number of fused-ring (bicyclic) bond motifs is 1. The van der Waals surface area contributed by atoms with Crippen molar-refractivity contribution in [1.82, 2.24) is 14.9 Å². The summed E-state index contributed by atoms with van der Waals surface area (Å²) in [5.74, 6) is 0.379. The molecule has 0 spiro atoms. The summed E-state index contributed by atoms with van der Waals surface area (Å²) in [5.41, 5.74) is 4.10. The van der Waals surface area contributed by atoms with Crippen molar-refractivity contribution in [1.29, 1.82) is 0 Å². The third-order valence-electron chi connectivity index (χ3n) is 3.88. The van der Waals surface area contributed by atoms with E-state index < -0.39 is 0 Å². The number of rotatable bonds is 2. The fraction of sp³-hybridized carbons (Fsp3) is 0.375. The number of hydrogen-bond acceptors (Lipinski definition) is 3. The van der Waals surface area contributed by atoms with Gasteiger partial charge in [-0.05, 0) is 25.6 Å². The third kappa shape index (κ3) is 2.43.